The Bertz CT molecular complexity index is 928. The molecule has 0 bridgehead atoms. The summed E-state index contributed by atoms with van der Waals surface area (Å²) in [5, 5.41) is 8.78. The van der Waals surface area contributed by atoms with Crippen molar-refractivity contribution < 1.29 is 43.3 Å². The largest absolute Gasteiger partial charge is 0.451 e. The highest BCUT2D eigenvalue weighted by Gasteiger charge is 2.46. The number of hydrogen-bond acceptors (Lipinski definition) is 9. The van der Waals surface area contributed by atoms with Crippen LogP contribution in [-0.2, 0) is 33.4 Å². The molecular formula is C25H31NO9. The standard InChI is InChI=1S/C25H31NO9/c1-17(28)35-22(21(30)14-13-19(29)12-8-3-4-9-15-27)23(33-2)24(31)26-20(16-34-25(26)32)18-10-6-5-7-11-18/h5-7,10-11,13-14,20,22-23,27H,3-4,8-9,12,15-16H2,1-2H3/t20-,22-,23+/m1/s1. The fraction of sp³-hybridized carbons (Fsp3) is 0.480. The number of carbonyl (C=O) groups is 5. The Hall–Kier alpha value is -3.37. The minimum absolute atomic E-state index is 0.0795. The molecule has 190 valence electrons. The fourth-order valence-corrected chi connectivity index (χ4v) is 3.64. The number of imide groups is 1. The molecule has 1 aliphatic heterocycles. The van der Waals surface area contributed by atoms with Gasteiger partial charge < -0.3 is 19.3 Å². The lowest BCUT2D eigenvalue weighted by molar-refractivity contribution is -0.166. The Balaban J connectivity index is 2.16. The number of esters is 1. The van der Waals surface area contributed by atoms with Gasteiger partial charge in [0.1, 0.15) is 12.6 Å². The number of ketones is 2. The molecule has 0 aromatic heterocycles. The quantitative estimate of drug-likeness (QED) is 0.237. The molecule has 0 radical (unpaired) electrons. The van der Waals surface area contributed by atoms with Crippen LogP contribution in [0.3, 0.4) is 0 Å². The van der Waals surface area contributed by atoms with E-state index < -0.39 is 42.0 Å². The van der Waals surface area contributed by atoms with Crippen molar-refractivity contribution in [2.45, 2.75) is 57.3 Å². The highest BCUT2D eigenvalue weighted by Crippen LogP contribution is 2.29. The molecule has 2 amide bonds. The highest BCUT2D eigenvalue weighted by atomic mass is 16.6. The number of allylic oxidation sites excluding steroid dienone is 1. The van der Waals surface area contributed by atoms with E-state index in [1.54, 1.807) is 30.3 Å². The van der Waals surface area contributed by atoms with Crippen molar-refractivity contribution in [1.82, 2.24) is 4.90 Å². The lowest BCUT2D eigenvalue weighted by atomic mass is 10.0. The first kappa shape index (κ1) is 27.9. The minimum atomic E-state index is -1.71. The number of carbonyl (C=O) groups excluding carboxylic acids is 5. The molecule has 0 saturated carbocycles. The van der Waals surface area contributed by atoms with Gasteiger partial charge in [0.05, 0.1) is 0 Å². The first-order valence-corrected chi connectivity index (χ1v) is 11.4. The van der Waals surface area contributed by atoms with Crippen molar-refractivity contribution in [3.8, 4) is 0 Å². The summed E-state index contributed by atoms with van der Waals surface area (Å²) >= 11 is 0. The summed E-state index contributed by atoms with van der Waals surface area (Å²) in [5.41, 5.74) is 0.640. The molecular weight excluding hydrogens is 458 g/mol. The molecule has 35 heavy (non-hydrogen) atoms. The van der Waals surface area contributed by atoms with Gasteiger partial charge in [-0.15, -0.1) is 0 Å². The molecule has 10 nitrogen and oxygen atoms in total. The predicted molar refractivity (Wildman–Crippen MR) is 123 cm³/mol. The number of ether oxygens (including phenoxy) is 3. The highest BCUT2D eigenvalue weighted by molar-refractivity contribution is 6.05. The third kappa shape index (κ3) is 8.11. The van der Waals surface area contributed by atoms with Gasteiger partial charge >= 0.3 is 12.1 Å². The van der Waals surface area contributed by atoms with E-state index >= 15 is 0 Å². The van der Waals surface area contributed by atoms with Crippen molar-refractivity contribution in [1.29, 1.82) is 0 Å². The molecule has 10 heteroatoms. The molecule has 1 saturated heterocycles. The molecule has 0 aliphatic carbocycles. The normalized spacial score (nSPS) is 17.2. The van der Waals surface area contributed by atoms with Crippen LogP contribution in [0.5, 0.6) is 0 Å². The van der Waals surface area contributed by atoms with Crippen LogP contribution in [0.4, 0.5) is 4.79 Å². The number of cyclic esters (lactones) is 1. The lowest BCUT2D eigenvalue weighted by Crippen LogP contribution is -2.51. The summed E-state index contributed by atoms with van der Waals surface area (Å²) in [6, 6.07) is 7.97. The Kier molecular flexibility index (Phi) is 11.2. The molecule has 2 rings (SSSR count). The number of methoxy groups -OCH3 is 1. The van der Waals surface area contributed by atoms with Crippen LogP contribution in [0.1, 0.15) is 50.6 Å². The zero-order valence-corrected chi connectivity index (χ0v) is 19.9. The monoisotopic (exact) mass is 489 g/mol. The van der Waals surface area contributed by atoms with E-state index in [0.717, 1.165) is 43.9 Å². The Morgan fingerprint density at radius 2 is 1.77 bits per heavy atom. The second-order valence-corrected chi connectivity index (χ2v) is 7.99. The van der Waals surface area contributed by atoms with Gasteiger partial charge in [-0.2, -0.15) is 0 Å². The van der Waals surface area contributed by atoms with E-state index in [1.165, 1.54) is 0 Å². The van der Waals surface area contributed by atoms with Crippen LogP contribution < -0.4 is 0 Å². The Morgan fingerprint density at radius 1 is 1.09 bits per heavy atom. The molecule has 1 N–H and O–H groups in total. The first-order chi connectivity index (χ1) is 16.8. The summed E-state index contributed by atoms with van der Waals surface area (Å²) in [6.45, 7) is 1.08. The number of nitrogens with zero attached hydrogens (tertiary/aromatic N) is 1. The smallest absolute Gasteiger partial charge is 0.417 e. The maximum absolute atomic E-state index is 13.3. The van der Waals surface area contributed by atoms with E-state index in [4.69, 9.17) is 19.3 Å². The van der Waals surface area contributed by atoms with E-state index in [-0.39, 0.29) is 25.4 Å². The SMILES string of the molecule is CO[C@H](C(=O)N1C(=O)OC[C@@H]1c1ccccc1)[C@H](OC(C)=O)C(=O)C=CC(=O)CCCCCCO. The molecule has 1 fully saturated rings. The van der Waals surface area contributed by atoms with Gasteiger partial charge in [-0.05, 0) is 30.6 Å². The molecule has 1 heterocycles. The molecule has 0 spiro atoms. The summed E-state index contributed by atoms with van der Waals surface area (Å²) in [6.07, 6.45) is 0.783. The van der Waals surface area contributed by atoms with Crippen LogP contribution in [0.15, 0.2) is 42.5 Å². The maximum atomic E-state index is 13.3. The second kappa shape index (κ2) is 14.1. The van der Waals surface area contributed by atoms with Crippen molar-refractivity contribution >= 4 is 29.5 Å². The van der Waals surface area contributed by atoms with Gasteiger partial charge in [-0.1, -0.05) is 43.2 Å². The molecule has 1 aromatic rings. The zero-order chi connectivity index (χ0) is 25.8. The summed E-state index contributed by atoms with van der Waals surface area (Å²) < 4.78 is 15.4. The van der Waals surface area contributed by atoms with E-state index in [1.807, 2.05) is 0 Å². The fourth-order valence-electron chi connectivity index (χ4n) is 3.64. The van der Waals surface area contributed by atoms with E-state index in [2.05, 4.69) is 0 Å². The van der Waals surface area contributed by atoms with Crippen molar-refractivity contribution in [3.05, 3.63) is 48.0 Å². The zero-order valence-electron chi connectivity index (χ0n) is 19.9. The number of unbranched alkanes of at least 4 members (excludes halogenated alkanes) is 3. The van der Waals surface area contributed by atoms with Gasteiger partial charge in [0.25, 0.3) is 5.91 Å². The molecule has 1 aromatic carbocycles. The first-order valence-electron chi connectivity index (χ1n) is 11.4. The number of aliphatic hydroxyl groups is 1. The Morgan fingerprint density at radius 3 is 2.40 bits per heavy atom. The second-order valence-electron chi connectivity index (χ2n) is 7.99. The molecule has 1 aliphatic rings. The minimum Gasteiger partial charge on any atom is -0.451 e. The number of benzene rings is 1. The van der Waals surface area contributed by atoms with E-state index in [0.29, 0.717) is 18.4 Å². The Labute approximate surface area is 203 Å². The average molecular weight is 490 g/mol. The van der Waals surface area contributed by atoms with Crippen LogP contribution in [0.25, 0.3) is 0 Å². The number of rotatable bonds is 14. The van der Waals surface area contributed by atoms with Gasteiger partial charge in [0.15, 0.2) is 23.8 Å². The van der Waals surface area contributed by atoms with Crippen molar-refractivity contribution in [2.75, 3.05) is 20.3 Å². The maximum Gasteiger partial charge on any atom is 0.417 e. The van der Waals surface area contributed by atoms with Crippen LogP contribution in [0, 0.1) is 0 Å². The van der Waals surface area contributed by atoms with Crippen LogP contribution in [0.2, 0.25) is 0 Å². The number of amides is 2. The van der Waals surface area contributed by atoms with Gasteiger partial charge in [0.2, 0.25) is 0 Å². The lowest BCUT2D eigenvalue weighted by Gasteiger charge is -2.27. The average Bonchev–Trinajstić information content (AvgIpc) is 3.23. The summed E-state index contributed by atoms with van der Waals surface area (Å²) in [5.74, 6) is -2.90. The predicted octanol–water partition coefficient (Wildman–Crippen LogP) is 2.29. The van der Waals surface area contributed by atoms with Crippen LogP contribution in [-0.4, -0.2) is 72.1 Å². The topological polar surface area (TPSA) is 137 Å². The third-order valence-corrected chi connectivity index (χ3v) is 5.41. The van der Waals surface area contributed by atoms with Gasteiger partial charge in [0, 0.05) is 27.1 Å². The third-order valence-electron chi connectivity index (χ3n) is 5.41. The van der Waals surface area contributed by atoms with Gasteiger partial charge in [-0.25, -0.2) is 9.69 Å². The number of aliphatic hydroxyl groups excluding tert-OH is 1. The van der Waals surface area contributed by atoms with E-state index in [9.17, 15) is 24.0 Å². The summed E-state index contributed by atoms with van der Waals surface area (Å²) in [7, 11) is 1.15. The van der Waals surface area contributed by atoms with Crippen molar-refractivity contribution in [2.24, 2.45) is 0 Å². The van der Waals surface area contributed by atoms with Gasteiger partial charge in [-0.3, -0.25) is 19.2 Å². The summed E-state index contributed by atoms with van der Waals surface area (Å²) in [4.78, 5) is 63.1. The number of hydrogen-bond donors (Lipinski definition) is 1. The van der Waals surface area contributed by atoms with Crippen molar-refractivity contribution in [3.63, 3.8) is 0 Å². The van der Waals surface area contributed by atoms with Crippen LogP contribution >= 0.6 is 0 Å². The molecule has 0 unspecified atom stereocenters. The molecule has 3 atom stereocenters.